The maximum atomic E-state index is 13.2. The van der Waals surface area contributed by atoms with Gasteiger partial charge in [-0.05, 0) is 43.4 Å². The van der Waals surface area contributed by atoms with Crippen molar-refractivity contribution in [1.82, 2.24) is 4.90 Å². The summed E-state index contributed by atoms with van der Waals surface area (Å²) in [6, 6.07) is 4.89. The zero-order valence-electron chi connectivity index (χ0n) is 13.0. The lowest BCUT2D eigenvalue weighted by Gasteiger charge is -2.31. The van der Waals surface area contributed by atoms with Gasteiger partial charge in [-0.2, -0.15) is 0 Å². The molecular formula is C16H22FNO3S. The molecular weight excluding hydrogens is 305 g/mol. The van der Waals surface area contributed by atoms with E-state index in [1.807, 2.05) is 0 Å². The Bertz CT molecular complexity index is 649. The molecule has 1 aromatic rings. The number of likely N-dealkylation sites (tertiary alicyclic amines) is 1. The van der Waals surface area contributed by atoms with Gasteiger partial charge in [0.2, 0.25) is 5.91 Å². The number of piperidine rings is 1. The predicted molar refractivity (Wildman–Crippen MR) is 83.9 cm³/mol. The van der Waals surface area contributed by atoms with Crippen molar-refractivity contribution in [2.24, 2.45) is 0 Å². The van der Waals surface area contributed by atoms with Crippen LogP contribution in [0.25, 0.3) is 0 Å². The summed E-state index contributed by atoms with van der Waals surface area (Å²) >= 11 is 0. The normalized spacial score (nSPS) is 16.8. The Morgan fingerprint density at radius 1 is 1.32 bits per heavy atom. The SMILES string of the molecule is Cc1cc(CCC(=O)N2CCC(S(C)(=O)=O)CC2)ccc1F. The van der Waals surface area contributed by atoms with E-state index in [1.165, 1.54) is 12.3 Å². The summed E-state index contributed by atoms with van der Waals surface area (Å²) < 4.78 is 36.2. The first-order chi connectivity index (χ1) is 10.3. The minimum absolute atomic E-state index is 0.0360. The third-order valence-electron chi connectivity index (χ3n) is 4.25. The average molecular weight is 327 g/mol. The van der Waals surface area contributed by atoms with Gasteiger partial charge in [-0.1, -0.05) is 12.1 Å². The summed E-state index contributed by atoms with van der Waals surface area (Å²) in [5, 5.41) is -0.323. The van der Waals surface area contributed by atoms with Crippen molar-refractivity contribution in [3.05, 3.63) is 35.1 Å². The van der Waals surface area contributed by atoms with E-state index >= 15 is 0 Å². The number of carbonyl (C=O) groups excluding carboxylic acids is 1. The van der Waals surface area contributed by atoms with Gasteiger partial charge in [0.15, 0.2) is 0 Å². The molecule has 1 aromatic carbocycles. The van der Waals surface area contributed by atoms with Gasteiger partial charge in [0.25, 0.3) is 0 Å². The van der Waals surface area contributed by atoms with Gasteiger partial charge in [0.05, 0.1) is 5.25 Å². The number of hydrogen-bond donors (Lipinski definition) is 0. The quantitative estimate of drug-likeness (QED) is 0.851. The van der Waals surface area contributed by atoms with Gasteiger partial charge in [0.1, 0.15) is 15.7 Å². The van der Waals surface area contributed by atoms with Crippen LogP contribution in [0.1, 0.15) is 30.4 Å². The number of carbonyl (C=O) groups is 1. The molecule has 0 spiro atoms. The van der Waals surface area contributed by atoms with E-state index in [0.29, 0.717) is 44.3 Å². The highest BCUT2D eigenvalue weighted by Crippen LogP contribution is 2.18. The molecule has 0 atom stereocenters. The number of benzene rings is 1. The van der Waals surface area contributed by atoms with Gasteiger partial charge >= 0.3 is 0 Å². The number of aryl methyl sites for hydroxylation is 2. The van der Waals surface area contributed by atoms with Crippen LogP contribution in [0.4, 0.5) is 4.39 Å². The molecule has 1 aliphatic rings. The van der Waals surface area contributed by atoms with Gasteiger partial charge in [-0.3, -0.25) is 4.79 Å². The van der Waals surface area contributed by atoms with Crippen molar-refractivity contribution in [3.8, 4) is 0 Å². The molecule has 1 aliphatic heterocycles. The molecule has 1 heterocycles. The summed E-state index contributed by atoms with van der Waals surface area (Å²) in [4.78, 5) is 13.9. The van der Waals surface area contributed by atoms with Crippen LogP contribution in [-0.4, -0.2) is 43.8 Å². The zero-order valence-corrected chi connectivity index (χ0v) is 13.8. The van der Waals surface area contributed by atoms with Gasteiger partial charge in [-0.15, -0.1) is 0 Å². The van der Waals surface area contributed by atoms with Gasteiger partial charge in [-0.25, -0.2) is 12.8 Å². The Hall–Kier alpha value is -1.43. The highest BCUT2D eigenvalue weighted by atomic mass is 32.2. The average Bonchev–Trinajstić information content (AvgIpc) is 2.47. The van der Waals surface area contributed by atoms with Crippen molar-refractivity contribution >= 4 is 15.7 Å². The summed E-state index contributed by atoms with van der Waals surface area (Å²) in [5.41, 5.74) is 1.53. The van der Waals surface area contributed by atoms with E-state index in [1.54, 1.807) is 24.0 Å². The van der Waals surface area contributed by atoms with Crippen molar-refractivity contribution in [1.29, 1.82) is 0 Å². The van der Waals surface area contributed by atoms with E-state index < -0.39 is 9.84 Å². The molecule has 0 bridgehead atoms. The van der Waals surface area contributed by atoms with Crippen molar-refractivity contribution in [2.45, 2.75) is 37.9 Å². The molecule has 1 amide bonds. The molecule has 0 aliphatic carbocycles. The molecule has 1 fully saturated rings. The lowest BCUT2D eigenvalue weighted by molar-refractivity contribution is -0.132. The second-order valence-electron chi connectivity index (χ2n) is 5.99. The Kier molecular flexibility index (Phi) is 5.21. The summed E-state index contributed by atoms with van der Waals surface area (Å²) in [6.07, 6.45) is 3.23. The first-order valence-electron chi connectivity index (χ1n) is 7.49. The lowest BCUT2D eigenvalue weighted by atomic mass is 10.1. The Balaban J connectivity index is 1.85. The molecule has 22 heavy (non-hydrogen) atoms. The standard InChI is InChI=1S/C16H22FNO3S/c1-12-11-13(3-5-15(12)17)4-6-16(19)18-9-7-14(8-10-18)22(2,20)21/h3,5,11,14H,4,6-10H2,1-2H3. The molecule has 6 heteroatoms. The van der Waals surface area contributed by atoms with E-state index in [0.717, 1.165) is 5.56 Å². The van der Waals surface area contributed by atoms with Gasteiger partial charge in [0, 0.05) is 25.8 Å². The van der Waals surface area contributed by atoms with Crippen LogP contribution in [0.15, 0.2) is 18.2 Å². The van der Waals surface area contributed by atoms with E-state index in [2.05, 4.69) is 0 Å². The van der Waals surface area contributed by atoms with Crippen LogP contribution in [0.5, 0.6) is 0 Å². The smallest absolute Gasteiger partial charge is 0.222 e. The fourth-order valence-corrected chi connectivity index (χ4v) is 3.87. The van der Waals surface area contributed by atoms with Crippen molar-refractivity contribution in [3.63, 3.8) is 0 Å². The fraction of sp³-hybridized carbons (Fsp3) is 0.562. The van der Waals surface area contributed by atoms with Crippen molar-refractivity contribution in [2.75, 3.05) is 19.3 Å². The second-order valence-corrected chi connectivity index (χ2v) is 8.32. The lowest BCUT2D eigenvalue weighted by Crippen LogP contribution is -2.42. The number of amides is 1. The molecule has 4 nitrogen and oxygen atoms in total. The highest BCUT2D eigenvalue weighted by Gasteiger charge is 2.28. The third-order valence-corrected chi connectivity index (χ3v) is 5.93. The molecule has 0 N–H and O–H groups in total. The molecule has 2 rings (SSSR count). The molecule has 122 valence electrons. The van der Waals surface area contributed by atoms with Crippen molar-refractivity contribution < 1.29 is 17.6 Å². The van der Waals surface area contributed by atoms with Crippen LogP contribution in [0.2, 0.25) is 0 Å². The second kappa shape index (κ2) is 6.77. The summed E-state index contributed by atoms with van der Waals surface area (Å²) in [7, 11) is -3.01. The Morgan fingerprint density at radius 3 is 2.50 bits per heavy atom. The monoisotopic (exact) mass is 327 g/mol. The number of hydrogen-bond acceptors (Lipinski definition) is 3. The largest absolute Gasteiger partial charge is 0.343 e. The summed E-state index contributed by atoms with van der Waals surface area (Å²) in [5.74, 6) is -0.202. The molecule has 0 unspecified atom stereocenters. The summed E-state index contributed by atoms with van der Waals surface area (Å²) in [6.45, 7) is 2.70. The maximum Gasteiger partial charge on any atom is 0.222 e. The molecule has 0 radical (unpaired) electrons. The molecule has 0 saturated carbocycles. The third kappa shape index (κ3) is 4.29. The van der Waals surface area contributed by atoms with Gasteiger partial charge < -0.3 is 4.90 Å². The zero-order chi connectivity index (χ0) is 16.3. The minimum atomic E-state index is -3.01. The number of halogens is 1. The predicted octanol–water partition coefficient (Wildman–Crippen LogP) is 2.10. The van der Waals surface area contributed by atoms with Crippen LogP contribution < -0.4 is 0 Å². The maximum absolute atomic E-state index is 13.2. The van der Waals surface area contributed by atoms with Crippen LogP contribution in [0, 0.1) is 12.7 Å². The van der Waals surface area contributed by atoms with E-state index in [9.17, 15) is 17.6 Å². The number of sulfone groups is 1. The number of nitrogens with zero attached hydrogens (tertiary/aromatic N) is 1. The minimum Gasteiger partial charge on any atom is -0.343 e. The molecule has 1 saturated heterocycles. The Morgan fingerprint density at radius 2 is 1.95 bits per heavy atom. The van der Waals surface area contributed by atoms with E-state index in [4.69, 9.17) is 0 Å². The van der Waals surface area contributed by atoms with Crippen LogP contribution >= 0.6 is 0 Å². The van der Waals surface area contributed by atoms with Crippen LogP contribution in [0.3, 0.4) is 0 Å². The highest BCUT2D eigenvalue weighted by molar-refractivity contribution is 7.91. The fourth-order valence-electron chi connectivity index (χ4n) is 2.81. The number of rotatable bonds is 4. The topological polar surface area (TPSA) is 54.5 Å². The first-order valence-corrected chi connectivity index (χ1v) is 9.44. The molecule has 0 aromatic heterocycles. The first kappa shape index (κ1) is 16.9. The van der Waals surface area contributed by atoms with E-state index in [-0.39, 0.29) is 17.0 Å². The Labute approximate surface area is 131 Å². The van der Waals surface area contributed by atoms with Crippen LogP contribution in [-0.2, 0) is 21.1 Å².